The highest BCUT2D eigenvalue weighted by Gasteiger charge is 2.29. The van der Waals surface area contributed by atoms with E-state index in [0.29, 0.717) is 0 Å². The van der Waals surface area contributed by atoms with Crippen LogP contribution in [0.25, 0.3) is 219 Å². The second kappa shape index (κ2) is 18.3. The van der Waals surface area contributed by atoms with E-state index in [0.717, 1.165) is 72.3 Å². The maximum atomic E-state index is 5.54. The van der Waals surface area contributed by atoms with Crippen LogP contribution in [0.1, 0.15) is 0 Å². The van der Waals surface area contributed by atoms with Crippen molar-refractivity contribution in [3.8, 4) is 34.0 Å². The molecule has 14 aromatic carbocycles. The SMILES string of the molecule is c1ccc(-n2c3ccc(-n4c5ccccc5c5cc6c7cc(-c8ccc(-n9c%10ccccc%10c%10cc(-n%11c%12ccccc%12c%12cc%13c%14ccccc%14n%14c%15ccc%16ccccc%16c%15c(c%12%11)c%13%14)ncc%109)cc8)ccc7n7c8ccc9ccccc9c8c(c54)c67)cc3c3cccnc32)cc1. The lowest BCUT2D eigenvalue weighted by atomic mass is 9.98. The van der Waals surface area contributed by atoms with Crippen molar-refractivity contribution >= 4 is 185 Å². The van der Waals surface area contributed by atoms with Crippen LogP contribution in [0.3, 0.4) is 0 Å². The van der Waals surface area contributed by atoms with Gasteiger partial charge in [-0.25, -0.2) is 9.97 Å². The topological polar surface area (TPSA) is 54.3 Å². The van der Waals surface area contributed by atoms with Crippen molar-refractivity contribution in [2.75, 3.05) is 0 Å². The molecule has 0 spiro atoms. The third-order valence-electron chi connectivity index (χ3n) is 22.1. The molecule has 10 heterocycles. The molecule has 0 aliphatic carbocycles. The van der Waals surface area contributed by atoms with Crippen molar-refractivity contribution in [1.29, 1.82) is 0 Å². The Hall–Kier alpha value is -13.3. The number of pyridine rings is 2. The van der Waals surface area contributed by atoms with Gasteiger partial charge in [-0.2, -0.15) is 0 Å². The molecule has 0 aliphatic rings. The first-order valence-corrected chi connectivity index (χ1v) is 33.7. The summed E-state index contributed by atoms with van der Waals surface area (Å²) in [7, 11) is 0. The van der Waals surface area contributed by atoms with Crippen LogP contribution < -0.4 is 0 Å². The fourth-order valence-electron chi connectivity index (χ4n) is 18.1. The van der Waals surface area contributed by atoms with Gasteiger partial charge in [0.1, 0.15) is 11.5 Å². The molecule has 0 unspecified atom stereocenters. The Balaban J connectivity index is 0.684. The van der Waals surface area contributed by atoms with Gasteiger partial charge in [0.05, 0.1) is 77.9 Å². The molecule has 0 fully saturated rings. The predicted octanol–water partition coefficient (Wildman–Crippen LogP) is 23.1. The summed E-state index contributed by atoms with van der Waals surface area (Å²) in [4.78, 5) is 10.5. The largest absolute Gasteiger partial charge is 0.309 e. The number of rotatable bonds is 5. The summed E-state index contributed by atoms with van der Waals surface area (Å²) in [5, 5.41) is 24.5. The van der Waals surface area contributed by atoms with Gasteiger partial charge in [0.25, 0.3) is 0 Å². The lowest BCUT2D eigenvalue weighted by Gasteiger charge is -2.12. The van der Waals surface area contributed by atoms with E-state index in [4.69, 9.17) is 9.97 Å². The van der Waals surface area contributed by atoms with E-state index >= 15 is 0 Å². The predicted molar refractivity (Wildman–Crippen MR) is 409 cm³/mol. The van der Waals surface area contributed by atoms with Gasteiger partial charge in [0, 0.05) is 109 Å². The Kier molecular flexibility index (Phi) is 9.57. The molecule has 450 valence electrons. The van der Waals surface area contributed by atoms with E-state index in [2.05, 4.69) is 324 Å². The fraction of sp³-hybridized carbons (Fsp3) is 0. The van der Waals surface area contributed by atoms with E-state index in [-0.39, 0.29) is 0 Å². The first-order chi connectivity index (χ1) is 48.7. The third-order valence-corrected chi connectivity index (χ3v) is 22.1. The summed E-state index contributed by atoms with van der Waals surface area (Å²) < 4.78 is 14.7. The molecule has 0 atom stereocenters. The molecule has 0 saturated carbocycles. The summed E-state index contributed by atoms with van der Waals surface area (Å²) in [6.07, 6.45) is 4.01. The minimum absolute atomic E-state index is 0.889. The van der Waals surface area contributed by atoms with Gasteiger partial charge < -0.3 is 17.9 Å². The Morgan fingerprint density at radius 1 is 0.214 bits per heavy atom. The maximum absolute atomic E-state index is 5.54. The molecule has 24 rings (SSSR count). The summed E-state index contributed by atoms with van der Waals surface area (Å²) in [6.45, 7) is 0. The average Bonchev–Trinajstić information content (AvgIpc) is 1.52. The summed E-state index contributed by atoms with van der Waals surface area (Å²) in [5.74, 6) is 0.889. The smallest absolute Gasteiger partial charge is 0.145 e. The van der Waals surface area contributed by atoms with E-state index < -0.39 is 0 Å². The molecule has 0 saturated heterocycles. The highest BCUT2D eigenvalue weighted by molar-refractivity contribution is 6.39. The number of hydrogen-bond acceptors (Lipinski definition) is 2. The van der Waals surface area contributed by atoms with Gasteiger partial charge in [-0.3, -0.25) is 9.13 Å². The van der Waals surface area contributed by atoms with Gasteiger partial charge in [0.15, 0.2) is 0 Å². The van der Waals surface area contributed by atoms with Crippen molar-refractivity contribution in [3.05, 3.63) is 304 Å². The van der Waals surface area contributed by atoms with Gasteiger partial charge in [-0.15, -0.1) is 0 Å². The van der Waals surface area contributed by atoms with Crippen molar-refractivity contribution < 1.29 is 0 Å². The van der Waals surface area contributed by atoms with E-state index in [1.54, 1.807) is 0 Å². The van der Waals surface area contributed by atoms with E-state index in [9.17, 15) is 0 Å². The lowest BCUT2D eigenvalue weighted by Crippen LogP contribution is -1.99. The lowest BCUT2D eigenvalue weighted by molar-refractivity contribution is 1.08. The van der Waals surface area contributed by atoms with Gasteiger partial charge in [0.2, 0.25) is 0 Å². The van der Waals surface area contributed by atoms with E-state index in [1.807, 2.05) is 6.20 Å². The molecular weight excluding hydrogens is 1190 g/mol. The number of para-hydroxylation sites is 5. The molecule has 8 heteroatoms. The highest BCUT2D eigenvalue weighted by atomic mass is 15.1. The fourth-order valence-corrected chi connectivity index (χ4v) is 18.1. The van der Waals surface area contributed by atoms with Gasteiger partial charge in [-0.1, -0.05) is 170 Å². The quantitative estimate of drug-likeness (QED) is 0.172. The second-order valence-corrected chi connectivity index (χ2v) is 26.8. The third kappa shape index (κ3) is 6.36. The summed E-state index contributed by atoms with van der Waals surface area (Å²) in [6, 6.07) is 108. The monoisotopic (exact) mass is 1240 g/mol. The van der Waals surface area contributed by atoms with Crippen LogP contribution in [0, 0.1) is 0 Å². The Bertz CT molecular complexity index is 7660. The van der Waals surface area contributed by atoms with E-state index in [1.165, 1.54) is 147 Å². The van der Waals surface area contributed by atoms with Crippen LogP contribution in [-0.2, 0) is 0 Å². The maximum Gasteiger partial charge on any atom is 0.145 e. The average molecular weight is 1240 g/mol. The van der Waals surface area contributed by atoms with Crippen LogP contribution in [0.15, 0.2) is 304 Å². The molecule has 8 nitrogen and oxygen atoms in total. The normalized spacial score (nSPS) is 12.7. The summed E-state index contributed by atoms with van der Waals surface area (Å²) in [5.41, 5.74) is 21.9. The molecule has 24 aromatic rings. The minimum Gasteiger partial charge on any atom is -0.309 e. The van der Waals surface area contributed by atoms with Crippen LogP contribution in [-0.4, -0.2) is 37.0 Å². The minimum atomic E-state index is 0.889. The van der Waals surface area contributed by atoms with Crippen molar-refractivity contribution in [1.82, 2.24) is 37.0 Å². The zero-order chi connectivity index (χ0) is 63.3. The molecule has 0 bridgehead atoms. The molecule has 0 N–H and O–H groups in total. The Labute approximate surface area is 556 Å². The molecule has 0 radical (unpaired) electrons. The summed E-state index contributed by atoms with van der Waals surface area (Å²) >= 11 is 0. The van der Waals surface area contributed by atoms with Crippen molar-refractivity contribution in [3.63, 3.8) is 0 Å². The number of fused-ring (bicyclic) bond motifs is 30. The highest BCUT2D eigenvalue weighted by Crippen LogP contribution is 2.52. The van der Waals surface area contributed by atoms with Crippen molar-refractivity contribution in [2.45, 2.75) is 0 Å². The molecule has 0 amide bonds. The first-order valence-electron chi connectivity index (χ1n) is 33.7. The number of nitrogens with zero attached hydrogens (tertiary/aromatic N) is 8. The number of aromatic nitrogens is 8. The van der Waals surface area contributed by atoms with Crippen LogP contribution in [0.5, 0.6) is 0 Å². The molecular formula is C90H50N8. The van der Waals surface area contributed by atoms with Gasteiger partial charge >= 0.3 is 0 Å². The number of hydrogen-bond donors (Lipinski definition) is 0. The first kappa shape index (κ1) is 51.2. The van der Waals surface area contributed by atoms with Crippen LogP contribution in [0.4, 0.5) is 0 Å². The van der Waals surface area contributed by atoms with Crippen LogP contribution >= 0.6 is 0 Å². The number of benzene rings is 14. The standard InChI is InChI=1S/C90H50N8/c1-2-19-55(20-3-1)95-76-43-39-57(46-66(76)64-27-16-44-91-90(64)95)94-73-29-13-9-24-61(73)68-48-71-65-45-54(36-40-77(65)97-79-42-35-52-17-4-6-21-58(52)82(79)84(86(68)94)88(71)97)51-32-37-56(38-33-51)93-72-28-12-8-23-60(72)67-49-81(92-50-80(67)93)98-75-31-15-11-26-63(75)70-47-69-62-25-10-14-30-74(62)96-78-41-34-53-18-5-7-22-59(53)83(78)85(87(69)96)89(70)98/h1-50H. The Morgan fingerprint density at radius 3 is 1.34 bits per heavy atom. The zero-order valence-corrected chi connectivity index (χ0v) is 52.4. The Morgan fingerprint density at radius 2 is 0.663 bits per heavy atom. The zero-order valence-electron chi connectivity index (χ0n) is 52.4. The van der Waals surface area contributed by atoms with Crippen molar-refractivity contribution in [2.24, 2.45) is 0 Å². The second-order valence-electron chi connectivity index (χ2n) is 26.8. The van der Waals surface area contributed by atoms with Crippen LogP contribution in [0.2, 0.25) is 0 Å². The molecule has 98 heavy (non-hydrogen) atoms. The van der Waals surface area contributed by atoms with Gasteiger partial charge in [-0.05, 0) is 154 Å². The molecule has 0 aliphatic heterocycles. The molecule has 10 aromatic heterocycles.